The summed E-state index contributed by atoms with van der Waals surface area (Å²) in [5.41, 5.74) is 4.14. The molecule has 0 amide bonds. The second-order valence-corrected chi connectivity index (χ2v) is 5.63. The molecule has 3 aromatic rings. The van der Waals surface area contributed by atoms with Gasteiger partial charge in [0.05, 0.1) is 10.7 Å². The number of nitrogens with one attached hydrogen (secondary N) is 1. The number of hydrazine groups is 1. The third kappa shape index (κ3) is 2.45. The van der Waals surface area contributed by atoms with Crippen molar-refractivity contribution < 1.29 is 4.42 Å². The molecule has 3 N–H and O–H groups in total. The van der Waals surface area contributed by atoms with Crippen LogP contribution in [0.5, 0.6) is 0 Å². The van der Waals surface area contributed by atoms with E-state index in [1.165, 1.54) is 0 Å². The molecule has 102 valence electrons. The van der Waals surface area contributed by atoms with Crippen LogP contribution in [0.4, 0.5) is 0 Å². The molecule has 0 saturated heterocycles. The summed E-state index contributed by atoms with van der Waals surface area (Å²) >= 11 is 9.47. The molecule has 0 aliphatic rings. The van der Waals surface area contributed by atoms with Gasteiger partial charge in [-0.1, -0.05) is 23.7 Å². The lowest BCUT2D eigenvalue weighted by Crippen LogP contribution is -2.29. The number of rotatable bonds is 3. The highest BCUT2D eigenvalue weighted by Crippen LogP contribution is 2.31. The van der Waals surface area contributed by atoms with Crippen molar-refractivity contribution in [3.8, 4) is 0 Å². The van der Waals surface area contributed by atoms with Crippen LogP contribution in [0, 0.1) is 0 Å². The molecule has 2 aromatic heterocycles. The van der Waals surface area contributed by atoms with Crippen LogP contribution in [0.2, 0.25) is 5.02 Å². The van der Waals surface area contributed by atoms with Crippen LogP contribution in [-0.2, 0) is 0 Å². The summed E-state index contributed by atoms with van der Waals surface area (Å²) in [4.78, 5) is 4.34. The zero-order valence-corrected chi connectivity index (χ0v) is 12.6. The van der Waals surface area contributed by atoms with E-state index < -0.39 is 0 Å². The predicted molar refractivity (Wildman–Crippen MR) is 82.3 cm³/mol. The fourth-order valence-corrected chi connectivity index (χ4v) is 2.52. The Bertz CT molecular complexity index is 742. The monoisotopic (exact) mass is 351 g/mol. The minimum Gasteiger partial charge on any atom is -0.457 e. The van der Waals surface area contributed by atoms with Gasteiger partial charge in [-0.15, -0.1) is 0 Å². The van der Waals surface area contributed by atoms with Gasteiger partial charge in [-0.2, -0.15) is 0 Å². The molecule has 20 heavy (non-hydrogen) atoms. The fraction of sp³-hybridized carbons (Fsp3) is 0.0714. The van der Waals surface area contributed by atoms with Crippen molar-refractivity contribution >= 4 is 38.5 Å². The second-order valence-electron chi connectivity index (χ2n) is 4.31. The number of aromatic nitrogens is 1. The molecule has 0 fully saturated rings. The molecular weight excluding hydrogens is 342 g/mol. The van der Waals surface area contributed by atoms with Crippen LogP contribution in [-0.4, -0.2) is 4.98 Å². The highest BCUT2D eigenvalue weighted by molar-refractivity contribution is 9.10. The summed E-state index contributed by atoms with van der Waals surface area (Å²) in [6, 6.07) is 11.0. The Labute approximate surface area is 129 Å². The van der Waals surface area contributed by atoms with E-state index in [4.69, 9.17) is 21.9 Å². The number of furan rings is 1. The van der Waals surface area contributed by atoms with Gasteiger partial charge < -0.3 is 4.42 Å². The number of halogens is 2. The first kappa shape index (κ1) is 13.6. The Morgan fingerprint density at radius 3 is 2.80 bits per heavy atom. The third-order valence-electron chi connectivity index (χ3n) is 3.01. The topological polar surface area (TPSA) is 64.1 Å². The van der Waals surface area contributed by atoms with Crippen molar-refractivity contribution in [3.05, 3.63) is 63.5 Å². The van der Waals surface area contributed by atoms with Gasteiger partial charge in [-0.25, -0.2) is 5.43 Å². The van der Waals surface area contributed by atoms with Gasteiger partial charge in [0.2, 0.25) is 0 Å². The Balaban J connectivity index is 2.07. The standard InChI is InChI=1S/C14H11BrClN3O/c15-9-4-5-11(18-7-9)13(19-17)12-6-8-2-1-3-10(16)14(8)20-12/h1-7,13,19H,17H2. The van der Waals surface area contributed by atoms with Gasteiger partial charge in [0.25, 0.3) is 0 Å². The van der Waals surface area contributed by atoms with E-state index in [-0.39, 0.29) is 6.04 Å². The molecule has 0 radical (unpaired) electrons. The fourth-order valence-electron chi connectivity index (χ4n) is 2.06. The van der Waals surface area contributed by atoms with Gasteiger partial charge in [0, 0.05) is 16.1 Å². The van der Waals surface area contributed by atoms with Crippen LogP contribution in [0.1, 0.15) is 17.5 Å². The lowest BCUT2D eigenvalue weighted by molar-refractivity contribution is 0.471. The van der Waals surface area contributed by atoms with E-state index in [2.05, 4.69) is 26.3 Å². The summed E-state index contributed by atoms with van der Waals surface area (Å²) in [7, 11) is 0. The number of hydrogen-bond donors (Lipinski definition) is 2. The third-order valence-corrected chi connectivity index (χ3v) is 3.78. The van der Waals surface area contributed by atoms with Gasteiger partial charge in [-0.3, -0.25) is 10.8 Å². The maximum atomic E-state index is 6.12. The summed E-state index contributed by atoms with van der Waals surface area (Å²) in [5, 5.41) is 1.51. The molecule has 6 heteroatoms. The van der Waals surface area contributed by atoms with Gasteiger partial charge in [0.1, 0.15) is 11.8 Å². The Hall–Kier alpha value is -1.40. The Morgan fingerprint density at radius 2 is 2.15 bits per heavy atom. The maximum Gasteiger partial charge on any atom is 0.152 e. The molecule has 4 nitrogen and oxygen atoms in total. The molecular formula is C14H11BrClN3O. The first-order valence-corrected chi connectivity index (χ1v) is 7.11. The molecule has 3 rings (SSSR count). The van der Waals surface area contributed by atoms with Crippen LogP contribution in [0.3, 0.4) is 0 Å². The highest BCUT2D eigenvalue weighted by Gasteiger charge is 2.19. The zero-order valence-electron chi connectivity index (χ0n) is 10.3. The minimum absolute atomic E-state index is 0.327. The van der Waals surface area contributed by atoms with Crippen LogP contribution < -0.4 is 11.3 Å². The second kappa shape index (κ2) is 5.54. The first-order chi connectivity index (χ1) is 9.69. The summed E-state index contributed by atoms with van der Waals surface area (Å²) < 4.78 is 6.72. The van der Waals surface area contributed by atoms with Crippen molar-refractivity contribution in [1.82, 2.24) is 10.4 Å². The maximum absolute atomic E-state index is 6.12. The Kier molecular flexibility index (Phi) is 3.76. The van der Waals surface area contributed by atoms with Crippen molar-refractivity contribution in [1.29, 1.82) is 0 Å². The summed E-state index contributed by atoms with van der Waals surface area (Å²) in [6.45, 7) is 0. The minimum atomic E-state index is -0.327. The first-order valence-electron chi connectivity index (χ1n) is 5.94. The Morgan fingerprint density at radius 1 is 1.30 bits per heavy atom. The molecule has 0 spiro atoms. The largest absolute Gasteiger partial charge is 0.457 e. The molecule has 1 unspecified atom stereocenters. The number of para-hydroxylation sites is 1. The van der Waals surface area contributed by atoms with Gasteiger partial charge in [0.15, 0.2) is 5.58 Å². The molecule has 0 bridgehead atoms. The zero-order chi connectivity index (χ0) is 14.1. The van der Waals surface area contributed by atoms with Crippen molar-refractivity contribution in [3.63, 3.8) is 0 Å². The van der Waals surface area contributed by atoms with E-state index in [0.29, 0.717) is 16.4 Å². The number of nitrogens with two attached hydrogens (primary N) is 1. The van der Waals surface area contributed by atoms with E-state index in [1.54, 1.807) is 12.3 Å². The van der Waals surface area contributed by atoms with Gasteiger partial charge in [-0.05, 0) is 40.2 Å². The summed E-state index contributed by atoms with van der Waals surface area (Å²) in [5.74, 6) is 6.31. The van der Waals surface area contributed by atoms with E-state index >= 15 is 0 Å². The lowest BCUT2D eigenvalue weighted by atomic mass is 10.1. The molecule has 2 heterocycles. The van der Waals surface area contributed by atoms with Crippen LogP contribution >= 0.6 is 27.5 Å². The van der Waals surface area contributed by atoms with Gasteiger partial charge >= 0.3 is 0 Å². The van der Waals surface area contributed by atoms with E-state index in [1.807, 2.05) is 30.3 Å². The quantitative estimate of drug-likeness (QED) is 0.556. The van der Waals surface area contributed by atoms with Crippen molar-refractivity contribution in [2.24, 2.45) is 5.84 Å². The summed E-state index contributed by atoms with van der Waals surface area (Å²) in [6.07, 6.45) is 1.72. The SMILES string of the molecule is NNC(c1ccc(Br)cn1)c1cc2cccc(Cl)c2o1. The number of benzene rings is 1. The molecule has 0 aliphatic heterocycles. The van der Waals surface area contributed by atoms with Crippen LogP contribution in [0.25, 0.3) is 11.0 Å². The molecule has 1 aromatic carbocycles. The number of pyridine rings is 1. The van der Waals surface area contributed by atoms with Crippen LogP contribution in [0.15, 0.2) is 51.5 Å². The average molecular weight is 353 g/mol. The predicted octanol–water partition coefficient (Wildman–Crippen LogP) is 3.80. The number of hydrogen-bond acceptors (Lipinski definition) is 4. The average Bonchev–Trinajstić information content (AvgIpc) is 2.87. The van der Waals surface area contributed by atoms with E-state index in [9.17, 15) is 0 Å². The number of nitrogens with zero attached hydrogens (tertiary/aromatic N) is 1. The number of fused-ring (bicyclic) bond motifs is 1. The smallest absolute Gasteiger partial charge is 0.152 e. The molecule has 0 aliphatic carbocycles. The highest BCUT2D eigenvalue weighted by atomic mass is 79.9. The molecule has 0 saturated carbocycles. The molecule has 1 atom stereocenters. The van der Waals surface area contributed by atoms with Crippen molar-refractivity contribution in [2.75, 3.05) is 0 Å². The lowest BCUT2D eigenvalue weighted by Gasteiger charge is -2.12. The van der Waals surface area contributed by atoms with Crippen molar-refractivity contribution in [2.45, 2.75) is 6.04 Å². The van der Waals surface area contributed by atoms with E-state index in [0.717, 1.165) is 15.6 Å². The normalized spacial score (nSPS) is 12.8.